The molecule has 0 saturated carbocycles. The van der Waals surface area contributed by atoms with Crippen LogP contribution in [0.25, 0.3) is 0 Å². The van der Waals surface area contributed by atoms with E-state index in [4.69, 9.17) is 16.3 Å². The molecular formula is C15H10ClNO. The lowest BCUT2D eigenvalue weighted by Gasteiger charge is -2.04. The molecule has 0 bridgehead atoms. The molecule has 88 valence electrons. The van der Waals surface area contributed by atoms with Crippen molar-refractivity contribution in [1.29, 1.82) is 5.26 Å². The van der Waals surface area contributed by atoms with Crippen LogP contribution < -0.4 is 0 Å². The summed E-state index contributed by atoms with van der Waals surface area (Å²) in [4.78, 5) is 0. The van der Waals surface area contributed by atoms with Gasteiger partial charge in [-0.05, 0) is 17.7 Å². The normalized spacial score (nSPS) is 25.4. The van der Waals surface area contributed by atoms with Crippen LogP contribution in [-0.4, -0.2) is 0 Å². The van der Waals surface area contributed by atoms with Gasteiger partial charge in [-0.25, -0.2) is 0 Å². The summed E-state index contributed by atoms with van der Waals surface area (Å²) in [6.45, 7) is 0. The van der Waals surface area contributed by atoms with E-state index in [0.29, 0.717) is 5.02 Å². The Morgan fingerprint density at radius 1 is 1.06 bits per heavy atom. The first-order valence-electron chi connectivity index (χ1n) is 5.66. The van der Waals surface area contributed by atoms with Crippen LogP contribution in [0, 0.1) is 11.3 Å². The molecule has 0 spiro atoms. The number of ether oxygens (including phenoxy) is 1. The SMILES string of the molecule is N#C[C@@]1(c2ccccc2)O[C@H]1c1ccc(Cl)cc1. The number of nitriles is 1. The monoisotopic (exact) mass is 255 g/mol. The summed E-state index contributed by atoms with van der Waals surface area (Å²) in [5, 5.41) is 10.1. The molecule has 0 amide bonds. The molecule has 1 aliphatic heterocycles. The van der Waals surface area contributed by atoms with E-state index in [1.54, 1.807) is 0 Å². The highest BCUT2D eigenvalue weighted by Gasteiger charge is 2.59. The van der Waals surface area contributed by atoms with Gasteiger partial charge in [-0.15, -0.1) is 0 Å². The molecule has 2 atom stereocenters. The molecule has 1 aliphatic rings. The molecule has 2 nitrogen and oxygen atoms in total. The third kappa shape index (κ3) is 1.69. The van der Waals surface area contributed by atoms with Gasteiger partial charge in [0.1, 0.15) is 12.2 Å². The fourth-order valence-electron chi connectivity index (χ4n) is 2.15. The van der Waals surface area contributed by atoms with Crippen molar-refractivity contribution < 1.29 is 4.74 Å². The van der Waals surface area contributed by atoms with Crippen molar-refractivity contribution in [2.45, 2.75) is 11.7 Å². The van der Waals surface area contributed by atoms with Crippen molar-refractivity contribution in [3.8, 4) is 6.07 Å². The Balaban J connectivity index is 1.95. The molecule has 3 rings (SSSR count). The predicted molar refractivity (Wildman–Crippen MR) is 69.0 cm³/mol. The minimum Gasteiger partial charge on any atom is -0.340 e. The Morgan fingerprint density at radius 2 is 1.72 bits per heavy atom. The zero-order valence-corrected chi connectivity index (χ0v) is 10.3. The van der Waals surface area contributed by atoms with Crippen LogP contribution in [-0.2, 0) is 10.3 Å². The average Bonchev–Trinajstić information content (AvgIpc) is 3.17. The highest BCUT2D eigenvalue weighted by Crippen LogP contribution is 2.56. The van der Waals surface area contributed by atoms with Crippen molar-refractivity contribution in [2.24, 2.45) is 0 Å². The summed E-state index contributed by atoms with van der Waals surface area (Å²) < 4.78 is 5.66. The van der Waals surface area contributed by atoms with Gasteiger partial charge in [-0.1, -0.05) is 54.1 Å². The Labute approximate surface area is 110 Å². The van der Waals surface area contributed by atoms with Crippen molar-refractivity contribution in [3.63, 3.8) is 0 Å². The van der Waals surface area contributed by atoms with Crippen LogP contribution in [0.15, 0.2) is 54.6 Å². The van der Waals surface area contributed by atoms with Gasteiger partial charge in [-0.2, -0.15) is 5.26 Å². The van der Waals surface area contributed by atoms with Crippen LogP contribution in [0.3, 0.4) is 0 Å². The van der Waals surface area contributed by atoms with Gasteiger partial charge in [0.15, 0.2) is 0 Å². The second-order valence-electron chi connectivity index (χ2n) is 4.26. The number of hydrogen-bond acceptors (Lipinski definition) is 2. The fraction of sp³-hybridized carbons (Fsp3) is 0.133. The number of rotatable bonds is 2. The topological polar surface area (TPSA) is 36.3 Å². The lowest BCUT2D eigenvalue weighted by molar-refractivity contribution is 0.340. The summed E-state index contributed by atoms with van der Waals surface area (Å²) in [6.07, 6.45) is -0.206. The summed E-state index contributed by atoms with van der Waals surface area (Å²) in [5.74, 6) is 0. The second-order valence-corrected chi connectivity index (χ2v) is 4.70. The highest BCUT2D eigenvalue weighted by atomic mass is 35.5. The lowest BCUT2D eigenvalue weighted by atomic mass is 9.93. The zero-order valence-electron chi connectivity index (χ0n) is 9.51. The Hall–Kier alpha value is -1.82. The lowest BCUT2D eigenvalue weighted by Crippen LogP contribution is -2.06. The molecule has 1 fully saturated rings. The molecule has 0 N–H and O–H groups in total. The highest BCUT2D eigenvalue weighted by molar-refractivity contribution is 6.30. The number of nitrogens with zero attached hydrogens (tertiary/aromatic N) is 1. The van der Waals surface area contributed by atoms with Gasteiger partial charge in [0.05, 0.1) is 0 Å². The third-order valence-corrected chi connectivity index (χ3v) is 3.41. The quantitative estimate of drug-likeness (QED) is 0.765. The summed E-state index contributed by atoms with van der Waals surface area (Å²) in [7, 11) is 0. The summed E-state index contributed by atoms with van der Waals surface area (Å²) in [5.41, 5.74) is 1.03. The first-order chi connectivity index (χ1) is 8.76. The van der Waals surface area contributed by atoms with E-state index in [1.807, 2.05) is 54.6 Å². The van der Waals surface area contributed by atoms with E-state index >= 15 is 0 Å². The van der Waals surface area contributed by atoms with E-state index < -0.39 is 5.60 Å². The summed E-state index contributed by atoms with van der Waals surface area (Å²) in [6, 6.07) is 19.3. The molecule has 0 radical (unpaired) electrons. The maximum Gasteiger partial charge on any atom is 0.210 e. The van der Waals surface area contributed by atoms with Crippen LogP contribution in [0.1, 0.15) is 17.2 Å². The standard InChI is InChI=1S/C15H10ClNO/c16-13-8-6-11(7-9-13)14-15(10-17,18-14)12-4-2-1-3-5-12/h1-9,14H/t14-,15-/m0/s1. The van der Waals surface area contributed by atoms with Crippen LogP contribution in [0.4, 0.5) is 0 Å². The third-order valence-electron chi connectivity index (χ3n) is 3.16. The molecule has 1 heterocycles. The van der Waals surface area contributed by atoms with Crippen molar-refractivity contribution in [2.75, 3.05) is 0 Å². The second kappa shape index (κ2) is 4.13. The van der Waals surface area contributed by atoms with Gasteiger partial charge in [-0.3, -0.25) is 0 Å². The molecule has 2 aromatic rings. The maximum atomic E-state index is 9.40. The van der Waals surface area contributed by atoms with Crippen molar-refractivity contribution in [3.05, 3.63) is 70.7 Å². The van der Waals surface area contributed by atoms with E-state index in [2.05, 4.69) is 6.07 Å². The molecule has 0 aliphatic carbocycles. The van der Waals surface area contributed by atoms with E-state index in [-0.39, 0.29) is 6.10 Å². The van der Waals surface area contributed by atoms with Gasteiger partial charge in [0, 0.05) is 10.6 Å². The number of halogens is 1. The van der Waals surface area contributed by atoms with Gasteiger partial charge in [0.25, 0.3) is 0 Å². The van der Waals surface area contributed by atoms with Crippen LogP contribution >= 0.6 is 11.6 Å². The van der Waals surface area contributed by atoms with Gasteiger partial charge in [0.2, 0.25) is 5.60 Å². The molecule has 3 heteroatoms. The smallest absolute Gasteiger partial charge is 0.210 e. The Kier molecular flexibility index (Phi) is 2.59. The largest absolute Gasteiger partial charge is 0.340 e. The number of benzene rings is 2. The molecule has 0 unspecified atom stereocenters. The summed E-state index contributed by atoms with van der Waals surface area (Å²) >= 11 is 5.85. The van der Waals surface area contributed by atoms with E-state index in [9.17, 15) is 5.26 Å². The Morgan fingerprint density at radius 3 is 2.33 bits per heavy atom. The molecule has 1 saturated heterocycles. The number of epoxide rings is 1. The maximum absolute atomic E-state index is 9.40. The minimum atomic E-state index is -0.838. The van der Waals surface area contributed by atoms with Crippen LogP contribution in [0.5, 0.6) is 0 Å². The predicted octanol–water partition coefficient (Wildman–Crippen LogP) is 3.83. The van der Waals surface area contributed by atoms with Crippen molar-refractivity contribution >= 4 is 11.6 Å². The van der Waals surface area contributed by atoms with Crippen molar-refractivity contribution in [1.82, 2.24) is 0 Å². The molecular weight excluding hydrogens is 246 g/mol. The van der Waals surface area contributed by atoms with Gasteiger partial charge < -0.3 is 4.74 Å². The molecule has 0 aromatic heterocycles. The molecule has 2 aromatic carbocycles. The Bertz CT molecular complexity index is 603. The fourth-order valence-corrected chi connectivity index (χ4v) is 2.27. The van der Waals surface area contributed by atoms with Gasteiger partial charge >= 0.3 is 0 Å². The van der Waals surface area contributed by atoms with E-state index in [0.717, 1.165) is 11.1 Å². The first-order valence-corrected chi connectivity index (χ1v) is 6.04. The van der Waals surface area contributed by atoms with Crippen LogP contribution in [0.2, 0.25) is 5.02 Å². The first kappa shape index (κ1) is 11.3. The minimum absolute atomic E-state index is 0.206. The molecule has 18 heavy (non-hydrogen) atoms. The van der Waals surface area contributed by atoms with E-state index in [1.165, 1.54) is 0 Å². The zero-order chi connectivity index (χ0) is 12.6. The number of hydrogen-bond donors (Lipinski definition) is 0. The average molecular weight is 256 g/mol.